The van der Waals surface area contributed by atoms with E-state index in [-0.39, 0.29) is 11.7 Å². The van der Waals surface area contributed by atoms with Crippen LogP contribution in [-0.2, 0) is 4.74 Å². The number of methoxy groups -OCH3 is 2. The lowest BCUT2D eigenvalue weighted by Crippen LogP contribution is -2.11. The van der Waals surface area contributed by atoms with E-state index < -0.39 is 11.9 Å². The average molecular weight is 242 g/mol. The molecule has 0 spiro atoms. The number of halogens is 1. The monoisotopic (exact) mass is 242 g/mol. The lowest BCUT2D eigenvalue weighted by atomic mass is 9.95. The molecule has 17 heavy (non-hydrogen) atoms. The summed E-state index contributed by atoms with van der Waals surface area (Å²) >= 11 is 0. The zero-order chi connectivity index (χ0) is 12.8. The Kier molecular flexibility index (Phi) is 5.38. The molecule has 2 unspecified atom stereocenters. The summed E-state index contributed by atoms with van der Waals surface area (Å²) in [7, 11) is 3.03. The summed E-state index contributed by atoms with van der Waals surface area (Å²) in [6, 6.07) is 4.51. The fourth-order valence-corrected chi connectivity index (χ4v) is 1.66. The van der Waals surface area contributed by atoms with Crippen LogP contribution in [0.4, 0.5) is 4.39 Å². The van der Waals surface area contributed by atoms with Crippen LogP contribution in [0.15, 0.2) is 18.2 Å². The number of ether oxygens (including phenoxy) is 2. The highest BCUT2D eigenvalue weighted by molar-refractivity contribution is 5.30. The van der Waals surface area contributed by atoms with E-state index in [0.29, 0.717) is 12.2 Å². The van der Waals surface area contributed by atoms with E-state index in [4.69, 9.17) is 9.47 Å². The number of benzene rings is 1. The lowest BCUT2D eigenvalue weighted by molar-refractivity contribution is 0.0883. The van der Waals surface area contributed by atoms with Crippen molar-refractivity contribution < 1.29 is 19.0 Å². The summed E-state index contributed by atoms with van der Waals surface area (Å²) in [5, 5.41) is 10.0. The van der Waals surface area contributed by atoms with Gasteiger partial charge in [-0.3, -0.25) is 0 Å². The standard InChI is InChI=1S/C13H19FO3/c1-9(6-7-16-2)13(15)10-4-5-12(17-3)11(14)8-10/h4-5,8-9,13,15H,6-7H2,1-3H3. The molecule has 2 atom stereocenters. The molecule has 0 aromatic heterocycles. The topological polar surface area (TPSA) is 38.7 Å². The van der Waals surface area contributed by atoms with Crippen LogP contribution in [0.5, 0.6) is 5.75 Å². The van der Waals surface area contributed by atoms with Gasteiger partial charge >= 0.3 is 0 Å². The van der Waals surface area contributed by atoms with E-state index in [9.17, 15) is 9.50 Å². The summed E-state index contributed by atoms with van der Waals surface area (Å²) < 4.78 is 23.2. The molecule has 4 heteroatoms. The number of aliphatic hydroxyl groups is 1. The molecule has 1 N–H and O–H groups in total. The van der Waals surface area contributed by atoms with E-state index in [1.807, 2.05) is 6.92 Å². The number of hydrogen-bond donors (Lipinski definition) is 1. The fraction of sp³-hybridized carbons (Fsp3) is 0.538. The first-order valence-electron chi connectivity index (χ1n) is 5.60. The van der Waals surface area contributed by atoms with E-state index >= 15 is 0 Å². The molecule has 0 bridgehead atoms. The highest BCUT2D eigenvalue weighted by Gasteiger charge is 2.17. The maximum absolute atomic E-state index is 13.5. The first-order valence-corrected chi connectivity index (χ1v) is 5.60. The molecule has 1 aromatic rings. The van der Waals surface area contributed by atoms with E-state index in [1.165, 1.54) is 19.2 Å². The predicted octanol–water partition coefficient (Wildman–Crippen LogP) is 2.54. The lowest BCUT2D eigenvalue weighted by Gasteiger charge is -2.19. The molecule has 0 radical (unpaired) electrons. The van der Waals surface area contributed by atoms with E-state index in [2.05, 4.69) is 0 Å². The Morgan fingerprint density at radius 1 is 1.35 bits per heavy atom. The molecule has 0 fully saturated rings. The molecule has 0 saturated heterocycles. The van der Waals surface area contributed by atoms with Crippen molar-refractivity contribution >= 4 is 0 Å². The largest absolute Gasteiger partial charge is 0.494 e. The van der Waals surface area contributed by atoms with Crippen molar-refractivity contribution in [1.82, 2.24) is 0 Å². The van der Waals surface area contributed by atoms with Gasteiger partial charge in [-0.25, -0.2) is 4.39 Å². The van der Waals surface area contributed by atoms with Crippen LogP contribution in [0.1, 0.15) is 25.0 Å². The van der Waals surface area contributed by atoms with Crippen molar-refractivity contribution in [1.29, 1.82) is 0 Å². The second-order valence-electron chi connectivity index (χ2n) is 4.10. The Morgan fingerprint density at radius 2 is 2.06 bits per heavy atom. The van der Waals surface area contributed by atoms with Crippen molar-refractivity contribution in [3.05, 3.63) is 29.6 Å². The molecule has 1 aromatic carbocycles. The maximum Gasteiger partial charge on any atom is 0.165 e. The summed E-state index contributed by atoms with van der Waals surface area (Å²) in [5.74, 6) is -0.253. The molecular weight excluding hydrogens is 223 g/mol. The predicted molar refractivity (Wildman–Crippen MR) is 63.6 cm³/mol. The van der Waals surface area contributed by atoms with E-state index in [0.717, 1.165) is 6.42 Å². The zero-order valence-corrected chi connectivity index (χ0v) is 10.4. The van der Waals surface area contributed by atoms with Crippen molar-refractivity contribution in [3.63, 3.8) is 0 Å². The second-order valence-corrected chi connectivity index (χ2v) is 4.10. The molecule has 0 aliphatic heterocycles. The highest BCUT2D eigenvalue weighted by Crippen LogP contribution is 2.27. The van der Waals surface area contributed by atoms with Crippen molar-refractivity contribution in [2.24, 2.45) is 5.92 Å². The molecule has 0 aliphatic carbocycles. The summed E-state index contributed by atoms with van der Waals surface area (Å²) in [4.78, 5) is 0. The van der Waals surface area contributed by atoms with Crippen LogP contribution < -0.4 is 4.74 Å². The summed E-state index contributed by atoms with van der Waals surface area (Å²) in [6.45, 7) is 2.49. The van der Waals surface area contributed by atoms with Gasteiger partial charge in [-0.2, -0.15) is 0 Å². The van der Waals surface area contributed by atoms with Crippen LogP contribution in [0.25, 0.3) is 0 Å². The van der Waals surface area contributed by atoms with Gasteiger partial charge in [-0.15, -0.1) is 0 Å². The molecule has 0 aliphatic rings. The van der Waals surface area contributed by atoms with Crippen LogP contribution in [0.3, 0.4) is 0 Å². The molecular formula is C13H19FO3. The highest BCUT2D eigenvalue weighted by atomic mass is 19.1. The molecule has 0 amide bonds. The molecule has 0 heterocycles. The van der Waals surface area contributed by atoms with Gasteiger partial charge in [0.2, 0.25) is 0 Å². The van der Waals surface area contributed by atoms with Crippen molar-refractivity contribution in [3.8, 4) is 5.75 Å². The number of aliphatic hydroxyl groups excluding tert-OH is 1. The van der Waals surface area contributed by atoms with Crippen LogP contribution >= 0.6 is 0 Å². The SMILES string of the molecule is COCCC(C)C(O)c1ccc(OC)c(F)c1. The number of hydrogen-bond acceptors (Lipinski definition) is 3. The van der Waals surface area contributed by atoms with E-state index in [1.54, 1.807) is 13.2 Å². The minimum atomic E-state index is -0.689. The Balaban J connectivity index is 2.74. The quantitative estimate of drug-likeness (QED) is 0.833. The Hall–Kier alpha value is -1.13. The van der Waals surface area contributed by atoms with Gasteiger partial charge < -0.3 is 14.6 Å². The van der Waals surface area contributed by atoms with Gasteiger partial charge in [0.1, 0.15) is 0 Å². The fourth-order valence-electron chi connectivity index (χ4n) is 1.66. The minimum absolute atomic E-state index is 0.0164. The van der Waals surface area contributed by atoms with Crippen molar-refractivity contribution in [2.75, 3.05) is 20.8 Å². The Bertz CT molecular complexity index is 355. The molecule has 0 saturated carbocycles. The van der Waals surface area contributed by atoms with Crippen LogP contribution in [-0.4, -0.2) is 25.9 Å². The zero-order valence-electron chi connectivity index (χ0n) is 10.4. The van der Waals surface area contributed by atoms with Crippen LogP contribution in [0, 0.1) is 11.7 Å². The molecule has 1 rings (SSSR count). The van der Waals surface area contributed by atoms with Gasteiger partial charge in [0.15, 0.2) is 11.6 Å². The Labute approximate surface area is 101 Å². The number of rotatable bonds is 6. The maximum atomic E-state index is 13.5. The normalized spacial score (nSPS) is 14.4. The average Bonchev–Trinajstić information content (AvgIpc) is 2.34. The second kappa shape index (κ2) is 6.57. The van der Waals surface area contributed by atoms with Crippen molar-refractivity contribution in [2.45, 2.75) is 19.4 Å². The minimum Gasteiger partial charge on any atom is -0.494 e. The third-order valence-electron chi connectivity index (χ3n) is 2.83. The third-order valence-corrected chi connectivity index (χ3v) is 2.83. The van der Waals surface area contributed by atoms with Crippen LogP contribution in [0.2, 0.25) is 0 Å². The smallest absolute Gasteiger partial charge is 0.165 e. The Morgan fingerprint density at radius 3 is 2.59 bits per heavy atom. The summed E-state index contributed by atoms with van der Waals surface area (Å²) in [5.41, 5.74) is 0.562. The van der Waals surface area contributed by atoms with Gasteiger partial charge in [-0.1, -0.05) is 13.0 Å². The van der Waals surface area contributed by atoms with Gasteiger partial charge in [0, 0.05) is 13.7 Å². The first-order chi connectivity index (χ1) is 8.10. The molecule has 3 nitrogen and oxygen atoms in total. The first kappa shape index (κ1) is 13.9. The molecule has 96 valence electrons. The third kappa shape index (κ3) is 3.68. The summed E-state index contributed by atoms with van der Waals surface area (Å²) in [6.07, 6.45) is 0.0382. The van der Waals surface area contributed by atoms with Gasteiger partial charge in [0.25, 0.3) is 0 Å². The van der Waals surface area contributed by atoms with Gasteiger partial charge in [-0.05, 0) is 30.0 Å². The van der Waals surface area contributed by atoms with Gasteiger partial charge in [0.05, 0.1) is 13.2 Å².